The molecule has 2 atom stereocenters. The molecule has 0 aromatic heterocycles. The minimum Gasteiger partial charge on any atom is -0.479 e. The second-order valence-electron chi connectivity index (χ2n) is 4.50. The maximum absolute atomic E-state index is 12.2. The lowest BCUT2D eigenvalue weighted by atomic mass is 10.2. The summed E-state index contributed by atoms with van der Waals surface area (Å²) in [6.45, 7) is 5.05. The number of amides is 2. The number of hydrogen-bond acceptors (Lipinski definition) is 4. The first-order valence-electron chi connectivity index (χ1n) is 6.27. The molecular weight excluding hydrogens is 250 g/mol. The zero-order valence-corrected chi connectivity index (χ0v) is 11.2. The molecule has 7 nitrogen and oxygen atoms in total. The summed E-state index contributed by atoms with van der Waals surface area (Å²) in [5.74, 6) is -1.31. The van der Waals surface area contributed by atoms with E-state index in [0.717, 1.165) is 0 Å². The van der Waals surface area contributed by atoms with Crippen molar-refractivity contribution in [2.75, 3.05) is 32.8 Å². The summed E-state index contributed by atoms with van der Waals surface area (Å²) in [6.07, 6.45) is -0.968. The van der Waals surface area contributed by atoms with Crippen LogP contribution in [0.4, 0.5) is 4.79 Å². The highest BCUT2D eigenvalue weighted by Crippen LogP contribution is 2.10. The third kappa shape index (κ3) is 4.10. The van der Waals surface area contributed by atoms with Gasteiger partial charge in [-0.2, -0.15) is 5.26 Å². The van der Waals surface area contributed by atoms with Gasteiger partial charge in [0, 0.05) is 19.6 Å². The summed E-state index contributed by atoms with van der Waals surface area (Å²) in [4.78, 5) is 26.1. The number of hydrogen-bond donors (Lipinski definition) is 1. The van der Waals surface area contributed by atoms with Gasteiger partial charge in [-0.15, -0.1) is 0 Å². The number of nitriles is 1. The van der Waals surface area contributed by atoms with Crippen LogP contribution in [0.3, 0.4) is 0 Å². The Bertz CT molecular complexity index is 380. The maximum Gasteiger partial charge on any atom is 0.334 e. The highest BCUT2D eigenvalue weighted by atomic mass is 16.5. The average molecular weight is 269 g/mol. The first kappa shape index (κ1) is 15.2. The van der Waals surface area contributed by atoms with Gasteiger partial charge >= 0.3 is 12.0 Å². The van der Waals surface area contributed by atoms with Crippen molar-refractivity contribution in [3.05, 3.63) is 0 Å². The zero-order valence-electron chi connectivity index (χ0n) is 11.2. The molecule has 0 spiro atoms. The quantitative estimate of drug-likeness (QED) is 0.796. The third-order valence-electron chi connectivity index (χ3n) is 2.98. The Balaban J connectivity index is 2.64. The number of ether oxygens (including phenoxy) is 1. The smallest absolute Gasteiger partial charge is 0.334 e. The second-order valence-corrected chi connectivity index (χ2v) is 4.50. The van der Waals surface area contributed by atoms with Crippen LogP contribution in [0.15, 0.2) is 0 Å². The Hall–Kier alpha value is -1.81. The summed E-state index contributed by atoms with van der Waals surface area (Å²) in [6, 6.07) is 1.85. The van der Waals surface area contributed by atoms with Crippen LogP contribution in [0.1, 0.15) is 13.8 Å². The number of carboxylic acid groups (broad SMARTS) is 1. The molecule has 0 radical (unpaired) electrons. The van der Waals surface area contributed by atoms with Crippen molar-refractivity contribution in [2.45, 2.75) is 20.0 Å². The van der Waals surface area contributed by atoms with Crippen molar-refractivity contribution >= 4 is 12.0 Å². The molecule has 0 aromatic rings. The van der Waals surface area contributed by atoms with Crippen LogP contribution in [0.2, 0.25) is 0 Å². The van der Waals surface area contributed by atoms with Gasteiger partial charge in [0.25, 0.3) is 0 Å². The Morgan fingerprint density at radius 3 is 2.84 bits per heavy atom. The van der Waals surface area contributed by atoms with Gasteiger partial charge in [-0.1, -0.05) is 0 Å². The topological polar surface area (TPSA) is 93.9 Å². The SMILES string of the molecule is CCN(CC(C)C#N)C(=O)N1CCOC(C(=O)O)C1. The van der Waals surface area contributed by atoms with Crippen LogP contribution in [-0.4, -0.2) is 65.8 Å². The van der Waals surface area contributed by atoms with Gasteiger partial charge in [-0.25, -0.2) is 9.59 Å². The fourth-order valence-electron chi connectivity index (χ4n) is 1.89. The van der Waals surface area contributed by atoms with Crippen molar-refractivity contribution in [1.82, 2.24) is 9.80 Å². The molecule has 1 rings (SSSR count). The van der Waals surface area contributed by atoms with Gasteiger partial charge in [0.15, 0.2) is 6.10 Å². The van der Waals surface area contributed by atoms with E-state index in [-0.39, 0.29) is 25.1 Å². The number of rotatable bonds is 4. The Morgan fingerprint density at radius 2 is 2.32 bits per heavy atom. The van der Waals surface area contributed by atoms with Gasteiger partial charge in [0.2, 0.25) is 0 Å². The van der Waals surface area contributed by atoms with E-state index in [1.807, 2.05) is 6.92 Å². The Labute approximate surface area is 112 Å². The first-order chi connectivity index (χ1) is 8.99. The zero-order chi connectivity index (χ0) is 14.4. The fraction of sp³-hybridized carbons (Fsp3) is 0.750. The van der Waals surface area contributed by atoms with Gasteiger partial charge < -0.3 is 19.6 Å². The van der Waals surface area contributed by atoms with E-state index in [1.54, 1.807) is 11.8 Å². The van der Waals surface area contributed by atoms with E-state index in [4.69, 9.17) is 15.1 Å². The second kappa shape index (κ2) is 6.95. The lowest BCUT2D eigenvalue weighted by Crippen LogP contribution is -2.53. The number of aliphatic carboxylic acids is 1. The van der Waals surface area contributed by atoms with Crippen molar-refractivity contribution in [3.8, 4) is 6.07 Å². The fourth-order valence-corrected chi connectivity index (χ4v) is 1.89. The average Bonchev–Trinajstić information content (AvgIpc) is 2.43. The molecule has 1 aliphatic rings. The van der Waals surface area contributed by atoms with E-state index in [1.165, 1.54) is 4.90 Å². The minimum absolute atomic E-state index is 0.0472. The van der Waals surface area contributed by atoms with Crippen LogP contribution in [0, 0.1) is 17.2 Å². The van der Waals surface area contributed by atoms with Gasteiger partial charge in [0.1, 0.15) is 0 Å². The Kier molecular flexibility index (Phi) is 5.57. The molecule has 1 saturated heterocycles. The van der Waals surface area contributed by atoms with Crippen LogP contribution >= 0.6 is 0 Å². The summed E-state index contributed by atoms with van der Waals surface area (Å²) < 4.78 is 5.07. The number of nitrogens with zero attached hydrogens (tertiary/aromatic N) is 3. The summed E-state index contributed by atoms with van der Waals surface area (Å²) in [5, 5.41) is 17.7. The summed E-state index contributed by atoms with van der Waals surface area (Å²) in [5.41, 5.74) is 0. The number of morpholine rings is 1. The highest BCUT2D eigenvalue weighted by molar-refractivity contribution is 5.77. The lowest BCUT2D eigenvalue weighted by Gasteiger charge is -2.35. The van der Waals surface area contributed by atoms with Crippen LogP contribution in [0.25, 0.3) is 0 Å². The number of urea groups is 1. The molecule has 2 unspecified atom stereocenters. The van der Waals surface area contributed by atoms with Crippen LogP contribution in [-0.2, 0) is 9.53 Å². The molecule has 7 heteroatoms. The highest BCUT2D eigenvalue weighted by Gasteiger charge is 2.31. The Morgan fingerprint density at radius 1 is 1.63 bits per heavy atom. The van der Waals surface area contributed by atoms with Crippen LogP contribution in [0.5, 0.6) is 0 Å². The first-order valence-corrected chi connectivity index (χ1v) is 6.27. The molecule has 0 bridgehead atoms. The predicted octanol–water partition coefficient (Wildman–Crippen LogP) is 0.373. The van der Waals surface area contributed by atoms with Crippen molar-refractivity contribution in [2.24, 2.45) is 5.92 Å². The number of carboxylic acids is 1. The molecule has 1 fully saturated rings. The molecule has 0 saturated carbocycles. The molecule has 0 aliphatic carbocycles. The van der Waals surface area contributed by atoms with E-state index >= 15 is 0 Å². The van der Waals surface area contributed by atoms with Gasteiger partial charge in [0.05, 0.1) is 25.1 Å². The van der Waals surface area contributed by atoms with Gasteiger partial charge in [-0.3, -0.25) is 0 Å². The predicted molar refractivity (Wildman–Crippen MR) is 66.4 cm³/mol. The maximum atomic E-state index is 12.2. The van der Waals surface area contributed by atoms with Gasteiger partial charge in [-0.05, 0) is 13.8 Å². The number of carbonyl (C=O) groups is 2. The molecule has 19 heavy (non-hydrogen) atoms. The standard InChI is InChI=1S/C12H19N3O4/c1-3-14(7-9(2)6-13)12(18)15-4-5-19-10(8-15)11(16)17/h9-10H,3-5,7-8H2,1-2H3,(H,16,17). The summed E-state index contributed by atoms with van der Waals surface area (Å²) in [7, 11) is 0. The minimum atomic E-state index is -1.06. The number of carbonyl (C=O) groups excluding carboxylic acids is 1. The van der Waals surface area contributed by atoms with E-state index in [0.29, 0.717) is 19.6 Å². The van der Waals surface area contributed by atoms with E-state index in [9.17, 15) is 9.59 Å². The molecular formula is C12H19N3O4. The monoisotopic (exact) mass is 269 g/mol. The molecule has 0 aromatic carbocycles. The molecule has 106 valence electrons. The molecule has 1 heterocycles. The van der Waals surface area contributed by atoms with E-state index < -0.39 is 12.1 Å². The molecule has 2 amide bonds. The van der Waals surface area contributed by atoms with Crippen molar-refractivity contribution in [1.29, 1.82) is 5.26 Å². The van der Waals surface area contributed by atoms with Crippen LogP contribution < -0.4 is 0 Å². The molecule has 1 N–H and O–H groups in total. The van der Waals surface area contributed by atoms with Crippen molar-refractivity contribution in [3.63, 3.8) is 0 Å². The lowest BCUT2D eigenvalue weighted by molar-refractivity contribution is -0.154. The van der Waals surface area contributed by atoms with E-state index in [2.05, 4.69) is 6.07 Å². The summed E-state index contributed by atoms with van der Waals surface area (Å²) >= 11 is 0. The van der Waals surface area contributed by atoms with Crippen molar-refractivity contribution < 1.29 is 19.4 Å². The largest absolute Gasteiger partial charge is 0.479 e. The normalized spacial score (nSPS) is 20.5. The molecule has 1 aliphatic heterocycles. The third-order valence-corrected chi connectivity index (χ3v) is 2.98.